The number of aryl methyl sites for hydroxylation is 3. The van der Waals surface area contributed by atoms with Gasteiger partial charge < -0.3 is 18.9 Å². The first-order valence-corrected chi connectivity index (χ1v) is 10.0. The fourth-order valence-electron chi connectivity index (χ4n) is 2.86. The third-order valence-corrected chi connectivity index (χ3v) is 4.46. The second kappa shape index (κ2) is 14.3. The normalized spacial score (nSPS) is 10.6. The van der Waals surface area contributed by atoms with E-state index in [9.17, 15) is 4.79 Å². The van der Waals surface area contributed by atoms with E-state index in [-0.39, 0.29) is 0 Å². The average molecular weight is 419 g/mol. The zero-order chi connectivity index (χ0) is 21.4. The fraction of sp³-hybridized carbons (Fsp3) is 0.455. The number of anilines is 1. The molecule has 1 aromatic heterocycles. The van der Waals surface area contributed by atoms with Crippen molar-refractivity contribution in [3.8, 4) is 5.75 Å². The number of carbonyl (C=O) groups excluding carboxylic acids is 1. The Balaban J connectivity index is 1.83. The summed E-state index contributed by atoms with van der Waals surface area (Å²) in [5.74, 6) is 0.763. The van der Waals surface area contributed by atoms with Crippen molar-refractivity contribution in [2.75, 3.05) is 52.2 Å². The minimum absolute atomic E-state index is 0.449. The summed E-state index contributed by atoms with van der Waals surface area (Å²) in [5.41, 5.74) is 8.54. The van der Waals surface area contributed by atoms with Crippen LogP contribution >= 0.6 is 0 Å². The number of nitrogens with zero attached hydrogens (tertiary/aromatic N) is 1. The molecule has 1 heterocycles. The number of methoxy groups -OCH3 is 1. The highest BCUT2D eigenvalue weighted by Gasteiger charge is 2.10. The van der Waals surface area contributed by atoms with E-state index in [2.05, 4.69) is 21.5 Å². The molecule has 2 aromatic rings. The van der Waals surface area contributed by atoms with E-state index < -0.39 is 0 Å². The number of hydrogen-bond donors (Lipinski definition) is 2. The topological polar surface area (TPSA) is 81.9 Å². The molecule has 0 fully saturated rings. The largest absolute Gasteiger partial charge is 0.491 e. The summed E-state index contributed by atoms with van der Waals surface area (Å²) in [6.07, 6.45) is 4.31. The second-order valence-corrected chi connectivity index (χ2v) is 6.58. The van der Waals surface area contributed by atoms with Gasteiger partial charge in [-0.15, -0.1) is 0 Å². The molecule has 2 N–H and O–H groups in total. The van der Waals surface area contributed by atoms with Crippen LogP contribution in [0.1, 0.15) is 11.3 Å². The minimum atomic E-state index is 0.449. The lowest BCUT2D eigenvalue weighted by atomic mass is 10.1. The van der Waals surface area contributed by atoms with Crippen LogP contribution in [-0.4, -0.2) is 53.2 Å². The highest BCUT2D eigenvalue weighted by Crippen LogP contribution is 2.23. The summed E-state index contributed by atoms with van der Waals surface area (Å²) in [6, 6.07) is 11.9. The molecule has 0 saturated carbocycles. The number of pyridine rings is 1. The van der Waals surface area contributed by atoms with Crippen molar-refractivity contribution in [3.05, 3.63) is 53.9 Å². The number of ether oxygens (including phenoxy) is 4. The van der Waals surface area contributed by atoms with Gasteiger partial charge in [0.2, 0.25) is 6.41 Å². The predicted octanol–water partition coefficient (Wildman–Crippen LogP) is 1.43. The van der Waals surface area contributed by atoms with E-state index in [1.807, 2.05) is 43.6 Å². The van der Waals surface area contributed by atoms with Gasteiger partial charge >= 0.3 is 0 Å². The Morgan fingerprint density at radius 1 is 0.967 bits per heavy atom. The highest BCUT2D eigenvalue weighted by atomic mass is 16.6. The molecular formula is C22H32N3O5+. The van der Waals surface area contributed by atoms with Crippen molar-refractivity contribution in [2.24, 2.45) is 7.05 Å². The number of carbonyl (C=O) groups is 1. The maximum atomic E-state index is 10.7. The first-order chi connectivity index (χ1) is 14.7. The molecular weight excluding hydrogens is 386 g/mol. The lowest BCUT2D eigenvalue weighted by molar-refractivity contribution is -0.679. The molecule has 0 unspecified atom stereocenters. The number of hydrogen-bond acceptors (Lipinski definition) is 6. The number of benzene rings is 1. The monoisotopic (exact) mass is 418 g/mol. The summed E-state index contributed by atoms with van der Waals surface area (Å²) >= 11 is 0. The van der Waals surface area contributed by atoms with Gasteiger partial charge in [0.25, 0.3) is 0 Å². The molecule has 0 aliphatic carbocycles. The Labute approximate surface area is 178 Å². The van der Waals surface area contributed by atoms with Crippen LogP contribution in [-0.2, 0) is 38.9 Å². The van der Waals surface area contributed by atoms with Crippen LogP contribution in [0.3, 0.4) is 0 Å². The van der Waals surface area contributed by atoms with E-state index in [1.54, 1.807) is 7.11 Å². The quantitative estimate of drug-likeness (QED) is 0.186. The van der Waals surface area contributed by atoms with Crippen molar-refractivity contribution >= 4 is 12.1 Å². The summed E-state index contributed by atoms with van der Waals surface area (Å²) in [6.45, 7) is 3.14. The molecule has 0 spiro atoms. The molecule has 8 heteroatoms. The molecule has 164 valence electrons. The van der Waals surface area contributed by atoms with Crippen LogP contribution in [0.25, 0.3) is 0 Å². The molecule has 0 aliphatic heterocycles. The van der Waals surface area contributed by atoms with Gasteiger partial charge in [-0.05, 0) is 30.2 Å². The average Bonchev–Trinajstić information content (AvgIpc) is 2.76. The molecule has 2 rings (SSSR count). The minimum Gasteiger partial charge on any atom is -0.491 e. The Kier molecular flexibility index (Phi) is 11.3. The third kappa shape index (κ3) is 8.77. The van der Waals surface area contributed by atoms with Gasteiger partial charge in [-0.3, -0.25) is 15.6 Å². The molecule has 0 bridgehead atoms. The molecule has 0 saturated heterocycles. The standard InChI is InChI=1S/C22H31N3O5/c1-25-10-4-3-5-20(25)7-6-19-17-21(8-9-22(19)24-23-18-26)30-16-15-29-14-13-28-12-11-27-2/h3-5,8-10,17-18,24H,6-7,11-16H2,1-2H3/p+1. The molecule has 1 amide bonds. The maximum absolute atomic E-state index is 10.7. The van der Waals surface area contributed by atoms with E-state index in [0.717, 1.165) is 29.8 Å². The SMILES string of the molecule is COCCOCCOCCOc1ccc(NNC=O)c(CCc2cccc[n+]2C)c1. The zero-order valence-corrected chi connectivity index (χ0v) is 17.8. The summed E-state index contributed by atoms with van der Waals surface area (Å²) < 4.78 is 23.7. The van der Waals surface area contributed by atoms with E-state index in [1.165, 1.54) is 5.69 Å². The highest BCUT2D eigenvalue weighted by molar-refractivity contribution is 5.58. The number of rotatable bonds is 16. The zero-order valence-electron chi connectivity index (χ0n) is 17.8. The maximum Gasteiger partial charge on any atom is 0.225 e. The lowest BCUT2D eigenvalue weighted by Gasteiger charge is -2.14. The van der Waals surface area contributed by atoms with Gasteiger partial charge in [-0.2, -0.15) is 0 Å². The number of aromatic nitrogens is 1. The summed E-state index contributed by atoms with van der Waals surface area (Å²) in [5, 5.41) is 0. The van der Waals surface area contributed by atoms with Crippen LogP contribution in [0.4, 0.5) is 5.69 Å². The van der Waals surface area contributed by atoms with E-state index in [4.69, 9.17) is 18.9 Å². The Hall–Kier alpha value is -2.68. The van der Waals surface area contributed by atoms with Gasteiger partial charge in [0, 0.05) is 25.7 Å². The molecule has 0 atom stereocenters. The van der Waals surface area contributed by atoms with Crippen molar-refractivity contribution in [2.45, 2.75) is 12.8 Å². The van der Waals surface area contributed by atoms with Crippen LogP contribution in [0, 0.1) is 0 Å². The first kappa shape index (κ1) is 23.6. The second-order valence-electron chi connectivity index (χ2n) is 6.58. The van der Waals surface area contributed by atoms with Gasteiger partial charge in [0.1, 0.15) is 19.4 Å². The third-order valence-electron chi connectivity index (χ3n) is 4.46. The molecule has 30 heavy (non-hydrogen) atoms. The van der Waals surface area contributed by atoms with Crippen LogP contribution in [0.2, 0.25) is 0 Å². The van der Waals surface area contributed by atoms with Gasteiger partial charge in [0.05, 0.1) is 38.7 Å². The predicted molar refractivity (Wildman–Crippen MR) is 113 cm³/mol. The van der Waals surface area contributed by atoms with Gasteiger partial charge in [-0.1, -0.05) is 6.07 Å². The summed E-state index contributed by atoms with van der Waals surface area (Å²) in [4.78, 5) is 10.7. The van der Waals surface area contributed by atoms with Gasteiger partial charge in [-0.25, -0.2) is 4.57 Å². The van der Waals surface area contributed by atoms with E-state index >= 15 is 0 Å². The van der Waals surface area contributed by atoms with Crippen molar-refractivity contribution in [3.63, 3.8) is 0 Å². The summed E-state index contributed by atoms with van der Waals surface area (Å²) in [7, 11) is 3.68. The van der Waals surface area contributed by atoms with Crippen molar-refractivity contribution < 1.29 is 28.3 Å². The number of hydrazine groups is 1. The van der Waals surface area contributed by atoms with E-state index in [0.29, 0.717) is 46.1 Å². The molecule has 1 aromatic carbocycles. The van der Waals surface area contributed by atoms with Crippen molar-refractivity contribution in [1.29, 1.82) is 0 Å². The first-order valence-electron chi connectivity index (χ1n) is 10.0. The Morgan fingerprint density at radius 2 is 1.73 bits per heavy atom. The molecule has 8 nitrogen and oxygen atoms in total. The Morgan fingerprint density at radius 3 is 2.47 bits per heavy atom. The van der Waals surface area contributed by atoms with Gasteiger partial charge in [0.15, 0.2) is 11.9 Å². The number of amides is 1. The van der Waals surface area contributed by atoms with Crippen LogP contribution in [0.5, 0.6) is 5.75 Å². The lowest BCUT2D eigenvalue weighted by Crippen LogP contribution is -2.33. The molecule has 0 radical (unpaired) electrons. The van der Waals surface area contributed by atoms with Crippen LogP contribution < -0.4 is 20.2 Å². The molecule has 0 aliphatic rings. The number of nitrogens with one attached hydrogen (secondary N) is 2. The van der Waals surface area contributed by atoms with Crippen molar-refractivity contribution in [1.82, 2.24) is 5.43 Å². The Bertz CT molecular complexity index is 757. The van der Waals surface area contributed by atoms with Crippen LogP contribution in [0.15, 0.2) is 42.6 Å². The smallest absolute Gasteiger partial charge is 0.225 e. The fourth-order valence-corrected chi connectivity index (χ4v) is 2.86.